The third-order valence-electron chi connectivity index (χ3n) is 5.05. The number of carbonyl (C=O) groups excluding carboxylic acids is 1. The number of ether oxygens (including phenoxy) is 2. The molecule has 0 bridgehead atoms. The maximum Gasteiger partial charge on any atom is 0.331 e. The second kappa shape index (κ2) is 9.88. The summed E-state index contributed by atoms with van der Waals surface area (Å²) in [4.78, 5) is 11.9. The Labute approximate surface area is 195 Å². The zero-order chi connectivity index (χ0) is 22.5. The van der Waals surface area contributed by atoms with E-state index in [9.17, 15) is 4.79 Å². The largest absolute Gasteiger partial charge is 0.477 e. The van der Waals surface area contributed by atoms with Crippen LogP contribution in [0.15, 0.2) is 93.8 Å². The molecule has 0 fully saturated rings. The van der Waals surface area contributed by atoms with Gasteiger partial charge in [-0.1, -0.05) is 76.6 Å². The van der Waals surface area contributed by atoms with E-state index in [1.165, 1.54) is 6.08 Å². The first-order chi connectivity index (χ1) is 15.6. The van der Waals surface area contributed by atoms with Gasteiger partial charge in [0.05, 0.1) is 6.61 Å². The number of esters is 1. The van der Waals surface area contributed by atoms with Crippen molar-refractivity contribution in [1.82, 2.24) is 0 Å². The molecule has 1 aromatic heterocycles. The molecule has 0 radical (unpaired) electrons. The van der Waals surface area contributed by atoms with Crippen LogP contribution in [0, 0.1) is 0 Å². The molecule has 0 spiro atoms. The summed E-state index contributed by atoms with van der Waals surface area (Å²) in [5.74, 6) is 0.811. The first-order valence-electron chi connectivity index (χ1n) is 10.4. The van der Waals surface area contributed by atoms with Crippen molar-refractivity contribution in [2.75, 3.05) is 6.61 Å². The Morgan fingerprint density at radius 3 is 2.22 bits per heavy atom. The average molecular weight is 491 g/mol. The summed E-state index contributed by atoms with van der Waals surface area (Å²) in [5.41, 5.74) is 3.38. The lowest BCUT2D eigenvalue weighted by Crippen LogP contribution is -2.09. The molecule has 0 saturated carbocycles. The lowest BCUT2D eigenvalue weighted by molar-refractivity contribution is -0.137. The fourth-order valence-electron chi connectivity index (χ4n) is 3.50. The van der Waals surface area contributed by atoms with Gasteiger partial charge in [-0.3, -0.25) is 0 Å². The highest BCUT2D eigenvalue weighted by Crippen LogP contribution is 2.39. The minimum atomic E-state index is -0.394. The van der Waals surface area contributed by atoms with E-state index in [2.05, 4.69) is 15.9 Å². The standard InChI is InChI=1S/C27H23BrO4/c1-3-30-25(29)16-18(2)24-17-21-22(28)14-15-23(27(21)32-24)31-26(19-10-6-4-7-11-19)20-12-8-5-9-13-20/h4-17,26H,3H2,1-2H3/b18-16+. The highest BCUT2D eigenvalue weighted by atomic mass is 79.9. The number of benzene rings is 3. The van der Waals surface area contributed by atoms with E-state index in [1.807, 2.05) is 85.8 Å². The molecule has 0 amide bonds. The predicted octanol–water partition coefficient (Wildman–Crippen LogP) is 7.33. The van der Waals surface area contributed by atoms with Crippen molar-refractivity contribution in [3.05, 3.63) is 106 Å². The van der Waals surface area contributed by atoms with Crippen molar-refractivity contribution in [3.63, 3.8) is 0 Å². The summed E-state index contributed by atoms with van der Waals surface area (Å²) in [7, 11) is 0. The van der Waals surface area contributed by atoms with Gasteiger partial charge in [-0.05, 0) is 48.7 Å². The first-order valence-corrected chi connectivity index (χ1v) is 11.2. The Bertz CT molecular complexity index is 1200. The number of carbonyl (C=O) groups is 1. The number of hydrogen-bond acceptors (Lipinski definition) is 4. The van der Waals surface area contributed by atoms with Crippen molar-refractivity contribution in [2.24, 2.45) is 0 Å². The van der Waals surface area contributed by atoms with E-state index in [1.54, 1.807) is 6.92 Å². The second-order valence-electron chi connectivity index (χ2n) is 7.30. The van der Waals surface area contributed by atoms with Gasteiger partial charge in [0.15, 0.2) is 11.3 Å². The van der Waals surface area contributed by atoms with Crippen molar-refractivity contribution in [3.8, 4) is 5.75 Å². The molecule has 0 aliphatic carbocycles. The zero-order valence-electron chi connectivity index (χ0n) is 17.9. The molecule has 0 aliphatic rings. The van der Waals surface area contributed by atoms with Crippen molar-refractivity contribution >= 4 is 38.4 Å². The molecular weight excluding hydrogens is 468 g/mol. The normalized spacial score (nSPS) is 11.7. The van der Waals surface area contributed by atoms with E-state index in [0.717, 1.165) is 21.0 Å². The van der Waals surface area contributed by atoms with Crippen LogP contribution in [0.1, 0.15) is 36.8 Å². The van der Waals surface area contributed by atoms with E-state index >= 15 is 0 Å². The summed E-state index contributed by atoms with van der Waals surface area (Å²) in [6, 6.07) is 25.9. The molecule has 1 heterocycles. The van der Waals surface area contributed by atoms with Crippen molar-refractivity contribution in [2.45, 2.75) is 20.0 Å². The molecule has 5 heteroatoms. The molecule has 0 aliphatic heterocycles. The molecule has 0 saturated heterocycles. The third kappa shape index (κ3) is 4.78. The molecule has 4 nitrogen and oxygen atoms in total. The van der Waals surface area contributed by atoms with Crippen LogP contribution in [0.5, 0.6) is 5.75 Å². The molecule has 0 unspecified atom stereocenters. The second-order valence-corrected chi connectivity index (χ2v) is 8.15. The highest BCUT2D eigenvalue weighted by Gasteiger charge is 2.20. The first kappa shape index (κ1) is 21.9. The topological polar surface area (TPSA) is 48.7 Å². The van der Waals surface area contributed by atoms with Gasteiger partial charge < -0.3 is 13.9 Å². The van der Waals surface area contributed by atoms with Crippen LogP contribution in [-0.4, -0.2) is 12.6 Å². The maximum atomic E-state index is 11.9. The Morgan fingerprint density at radius 1 is 1.00 bits per heavy atom. The highest BCUT2D eigenvalue weighted by molar-refractivity contribution is 9.10. The quantitative estimate of drug-likeness (QED) is 0.201. The van der Waals surface area contributed by atoms with Gasteiger partial charge in [-0.15, -0.1) is 0 Å². The number of halogens is 1. The Balaban J connectivity index is 1.76. The maximum absolute atomic E-state index is 11.9. The molecule has 32 heavy (non-hydrogen) atoms. The molecule has 0 atom stereocenters. The Kier molecular flexibility index (Phi) is 6.76. The van der Waals surface area contributed by atoms with E-state index < -0.39 is 5.97 Å². The van der Waals surface area contributed by atoms with E-state index in [4.69, 9.17) is 13.9 Å². The van der Waals surface area contributed by atoms with Gasteiger partial charge in [-0.2, -0.15) is 0 Å². The third-order valence-corrected chi connectivity index (χ3v) is 5.74. The van der Waals surface area contributed by atoms with Gasteiger partial charge in [0.2, 0.25) is 0 Å². The molecule has 162 valence electrons. The molecule has 4 aromatic rings. The predicted molar refractivity (Wildman–Crippen MR) is 130 cm³/mol. The summed E-state index contributed by atoms with van der Waals surface area (Å²) in [6.07, 6.45) is 1.14. The van der Waals surface area contributed by atoms with Crippen LogP contribution in [-0.2, 0) is 9.53 Å². The SMILES string of the molecule is CCOC(=O)/C=C(\C)c1cc2c(Br)ccc(OC(c3ccccc3)c3ccccc3)c2o1. The van der Waals surface area contributed by atoms with E-state index in [0.29, 0.717) is 29.3 Å². The van der Waals surface area contributed by atoms with Gasteiger partial charge >= 0.3 is 5.97 Å². The van der Waals surface area contributed by atoms with Crippen LogP contribution in [0.2, 0.25) is 0 Å². The van der Waals surface area contributed by atoms with Crippen molar-refractivity contribution < 1.29 is 18.7 Å². The summed E-state index contributed by atoms with van der Waals surface area (Å²) >= 11 is 3.60. The van der Waals surface area contributed by atoms with Gasteiger partial charge in [0, 0.05) is 15.9 Å². The molecule has 0 N–H and O–H groups in total. The average Bonchev–Trinajstić information content (AvgIpc) is 3.27. The Morgan fingerprint density at radius 2 is 1.62 bits per heavy atom. The number of allylic oxidation sites excluding steroid dienone is 1. The van der Waals surface area contributed by atoms with Gasteiger partial charge in [0.25, 0.3) is 0 Å². The Hall–Kier alpha value is -3.31. The fourth-order valence-corrected chi connectivity index (χ4v) is 3.92. The molecule has 3 aromatic carbocycles. The fraction of sp³-hybridized carbons (Fsp3) is 0.148. The van der Waals surface area contributed by atoms with Gasteiger partial charge in [0.1, 0.15) is 11.9 Å². The zero-order valence-corrected chi connectivity index (χ0v) is 19.5. The van der Waals surface area contributed by atoms with Crippen LogP contribution < -0.4 is 4.74 Å². The minimum absolute atomic E-state index is 0.300. The monoisotopic (exact) mass is 490 g/mol. The van der Waals surface area contributed by atoms with Gasteiger partial charge in [-0.25, -0.2) is 4.79 Å². The number of furan rings is 1. The van der Waals surface area contributed by atoms with Crippen LogP contribution in [0.25, 0.3) is 16.5 Å². The minimum Gasteiger partial charge on any atom is -0.477 e. The number of rotatable bonds is 7. The molecule has 4 rings (SSSR count). The molecular formula is C27H23BrO4. The summed E-state index contributed by atoms with van der Waals surface area (Å²) < 4.78 is 18.6. The number of hydrogen-bond donors (Lipinski definition) is 0. The van der Waals surface area contributed by atoms with E-state index in [-0.39, 0.29) is 6.10 Å². The lowest BCUT2D eigenvalue weighted by Gasteiger charge is -2.20. The van der Waals surface area contributed by atoms with Crippen molar-refractivity contribution in [1.29, 1.82) is 0 Å². The van der Waals surface area contributed by atoms with Crippen LogP contribution in [0.3, 0.4) is 0 Å². The number of fused-ring (bicyclic) bond motifs is 1. The van der Waals surface area contributed by atoms with Crippen LogP contribution in [0.4, 0.5) is 0 Å². The smallest absolute Gasteiger partial charge is 0.331 e. The summed E-state index contributed by atoms with van der Waals surface area (Å²) in [6.45, 7) is 3.92. The van der Waals surface area contributed by atoms with Crippen LogP contribution >= 0.6 is 15.9 Å². The lowest BCUT2D eigenvalue weighted by atomic mass is 10.0. The summed E-state index contributed by atoms with van der Waals surface area (Å²) in [5, 5.41) is 0.869.